The van der Waals surface area contributed by atoms with Gasteiger partial charge in [0.15, 0.2) is 5.13 Å². The van der Waals surface area contributed by atoms with Crippen molar-refractivity contribution in [3.05, 3.63) is 54.4 Å². The Bertz CT molecular complexity index is 964. The maximum absolute atomic E-state index is 4.82. The molecule has 1 fully saturated rings. The molecule has 4 nitrogen and oxygen atoms in total. The minimum atomic E-state index is 0.620. The van der Waals surface area contributed by atoms with Crippen molar-refractivity contribution in [3.8, 4) is 0 Å². The summed E-state index contributed by atoms with van der Waals surface area (Å²) in [4.78, 5) is 9.46. The zero-order valence-corrected chi connectivity index (χ0v) is 13.4. The van der Waals surface area contributed by atoms with Crippen molar-refractivity contribution in [3.63, 3.8) is 0 Å². The molecule has 0 aliphatic heterocycles. The number of hydrogen-bond donors (Lipinski definition) is 1. The molecule has 4 aromatic rings. The van der Waals surface area contributed by atoms with Crippen LogP contribution >= 0.6 is 11.3 Å². The van der Waals surface area contributed by atoms with Crippen LogP contribution in [0.5, 0.6) is 0 Å². The zero-order valence-electron chi connectivity index (χ0n) is 12.6. The number of anilines is 1. The van der Waals surface area contributed by atoms with Gasteiger partial charge in [0.1, 0.15) is 5.82 Å². The molecule has 0 spiro atoms. The largest absolute Gasteiger partial charge is 0.354 e. The molecule has 5 rings (SSSR count). The van der Waals surface area contributed by atoms with Crippen LogP contribution in [0.3, 0.4) is 0 Å². The second-order valence-corrected chi connectivity index (χ2v) is 6.99. The Labute approximate surface area is 137 Å². The Morgan fingerprint density at radius 1 is 1.00 bits per heavy atom. The molecule has 0 amide bonds. The monoisotopic (exact) mass is 320 g/mol. The van der Waals surface area contributed by atoms with Crippen molar-refractivity contribution in [2.24, 2.45) is 0 Å². The van der Waals surface area contributed by atoms with Gasteiger partial charge in [0, 0.05) is 6.04 Å². The van der Waals surface area contributed by atoms with Gasteiger partial charge in [-0.2, -0.15) is 0 Å². The summed E-state index contributed by atoms with van der Waals surface area (Å²) < 4.78 is 3.61. The van der Waals surface area contributed by atoms with E-state index in [0.717, 1.165) is 22.0 Å². The van der Waals surface area contributed by atoms with Gasteiger partial charge in [-0.05, 0) is 37.1 Å². The lowest BCUT2D eigenvalue weighted by Gasteiger charge is -2.07. The number of thiazole rings is 1. The van der Waals surface area contributed by atoms with E-state index in [-0.39, 0.29) is 0 Å². The molecule has 2 heterocycles. The molecule has 23 heavy (non-hydrogen) atoms. The van der Waals surface area contributed by atoms with Crippen LogP contribution in [0, 0.1) is 0 Å². The summed E-state index contributed by atoms with van der Waals surface area (Å²) in [5.74, 6) is 1.10. The van der Waals surface area contributed by atoms with E-state index in [0.29, 0.717) is 12.6 Å². The molecular formula is C18H16N4S. The molecule has 1 aliphatic carbocycles. The lowest BCUT2D eigenvalue weighted by Crippen LogP contribution is -2.07. The molecule has 1 N–H and O–H groups in total. The Kier molecular flexibility index (Phi) is 2.88. The molecule has 0 radical (unpaired) electrons. The van der Waals surface area contributed by atoms with Gasteiger partial charge < -0.3 is 9.88 Å². The average molecular weight is 320 g/mol. The van der Waals surface area contributed by atoms with E-state index in [4.69, 9.17) is 4.98 Å². The standard InChI is InChI=1S/C18H16N4S/c1-3-7-15-13(5-1)20-17(22(15)12-9-10-12)11-19-18-21-14-6-2-4-8-16(14)23-18/h1-8,12H,9-11H2,(H,19,21). The number of nitrogens with one attached hydrogen (secondary N) is 1. The quantitative estimate of drug-likeness (QED) is 0.598. The third-order valence-corrected chi connectivity index (χ3v) is 5.27. The maximum atomic E-state index is 4.82. The van der Waals surface area contributed by atoms with E-state index >= 15 is 0 Å². The highest BCUT2D eigenvalue weighted by molar-refractivity contribution is 7.22. The van der Waals surface area contributed by atoms with Gasteiger partial charge in [-0.25, -0.2) is 9.97 Å². The number of nitrogens with zero attached hydrogens (tertiary/aromatic N) is 3. The van der Waals surface area contributed by atoms with Gasteiger partial charge in [-0.15, -0.1) is 0 Å². The van der Waals surface area contributed by atoms with Gasteiger partial charge in [0.2, 0.25) is 0 Å². The first-order chi connectivity index (χ1) is 11.4. The van der Waals surface area contributed by atoms with Crippen LogP contribution in [0.4, 0.5) is 5.13 Å². The van der Waals surface area contributed by atoms with E-state index in [1.165, 1.54) is 23.1 Å². The average Bonchev–Trinajstić information content (AvgIpc) is 3.22. The predicted molar refractivity (Wildman–Crippen MR) is 95.0 cm³/mol. The number of benzene rings is 2. The number of imidazole rings is 1. The van der Waals surface area contributed by atoms with Crippen molar-refractivity contribution in [2.45, 2.75) is 25.4 Å². The van der Waals surface area contributed by atoms with Gasteiger partial charge in [-0.3, -0.25) is 0 Å². The van der Waals surface area contributed by atoms with Crippen LogP contribution in [0.1, 0.15) is 24.7 Å². The summed E-state index contributed by atoms with van der Waals surface area (Å²) in [6.45, 7) is 0.713. The lowest BCUT2D eigenvalue weighted by molar-refractivity contribution is 0.711. The Hall–Kier alpha value is -2.40. The van der Waals surface area contributed by atoms with Gasteiger partial charge in [0.05, 0.1) is 27.8 Å². The van der Waals surface area contributed by atoms with E-state index in [2.05, 4.69) is 57.3 Å². The Balaban J connectivity index is 1.48. The zero-order chi connectivity index (χ0) is 15.2. The number of para-hydroxylation sites is 3. The number of hydrogen-bond acceptors (Lipinski definition) is 4. The number of rotatable bonds is 4. The topological polar surface area (TPSA) is 42.7 Å². The minimum absolute atomic E-state index is 0.620. The summed E-state index contributed by atoms with van der Waals surface area (Å²) in [6, 6.07) is 17.3. The van der Waals surface area contributed by atoms with Gasteiger partial charge >= 0.3 is 0 Å². The first-order valence-electron chi connectivity index (χ1n) is 7.94. The minimum Gasteiger partial charge on any atom is -0.354 e. The Morgan fingerprint density at radius 3 is 2.61 bits per heavy atom. The van der Waals surface area contributed by atoms with Gasteiger partial charge in [0.25, 0.3) is 0 Å². The first-order valence-corrected chi connectivity index (χ1v) is 8.75. The smallest absolute Gasteiger partial charge is 0.184 e. The summed E-state index contributed by atoms with van der Waals surface area (Å²) >= 11 is 1.69. The van der Waals surface area contributed by atoms with Crippen molar-refractivity contribution in [1.82, 2.24) is 14.5 Å². The molecular weight excluding hydrogens is 304 g/mol. The normalized spacial score (nSPS) is 14.6. The lowest BCUT2D eigenvalue weighted by atomic mass is 10.3. The second kappa shape index (κ2) is 5.06. The molecule has 5 heteroatoms. The van der Waals surface area contributed by atoms with Crippen LogP contribution in [0.25, 0.3) is 21.3 Å². The fraction of sp³-hybridized carbons (Fsp3) is 0.222. The molecule has 0 saturated heterocycles. The summed E-state index contributed by atoms with van der Waals surface area (Å²) in [5, 5.41) is 4.42. The molecule has 0 atom stereocenters. The van der Waals surface area contributed by atoms with Crippen molar-refractivity contribution >= 4 is 37.7 Å². The van der Waals surface area contributed by atoms with Crippen LogP contribution in [-0.4, -0.2) is 14.5 Å². The van der Waals surface area contributed by atoms with Crippen LogP contribution in [0.15, 0.2) is 48.5 Å². The SMILES string of the molecule is c1ccc2sc(NCc3nc4ccccc4n3C3CC3)nc2c1. The molecule has 1 saturated carbocycles. The van der Waals surface area contributed by atoms with Crippen LogP contribution in [0.2, 0.25) is 0 Å². The van der Waals surface area contributed by atoms with E-state index in [1.807, 2.05) is 6.07 Å². The fourth-order valence-electron chi connectivity index (χ4n) is 3.06. The Morgan fingerprint density at radius 2 is 1.78 bits per heavy atom. The molecule has 114 valence electrons. The second-order valence-electron chi connectivity index (χ2n) is 5.96. The third-order valence-electron chi connectivity index (χ3n) is 4.27. The highest BCUT2D eigenvalue weighted by Crippen LogP contribution is 2.38. The highest BCUT2D eigenvalue weighted by atomic mass is 32.1. The van der Waals surface area contributed by atoms with Crippen LogP contribution < -0.4 is 5.32 Å². The maximum Gasteiger partial charge on any atom is 0.184 e. The van der Waals surface area contributed by atoms with Crippen LogP contribution in [-0.2, 0) is 6.54 Å². The highest BCUT2D eigenvalue weighted by Gasteiger charge is 2.27. The molecule has 2 aromatic carbocycles. The molecule has 2 aromatic heterocycles. The van der Waals surface area contributed by atoms with E-state index < -0.39 is 0 Å². The predicted octanol–water partition coefficient (Wildman–Crippen LogP) is 4.59. The van der Waals surface area contributed by atoms with E-state index in [9.17, 15) is 0 Å². The fourth-order valence-corrected chi connectivity index (χ4v) is 3.92. The van der Waals surface area contributed by atoms with Gasteiger partial charge in [-0.1, -0.05) is 35.6 Å². The molecule has 0 unspecified atom stereocenters. The number of fused-ring (bicyclic) bond motifs is 2. The summed E-state index contributed by atoms with van der Waals surface area (Å²) in [7, 11) is 0. The molecule has 0 bridgehead atoms. The van der Waals surface area contributed by atoms with Crippen molar-refractivity contribution in [1.29, 1.82) is 0 Å². The molecule has 1 aliphatic rings. The van der Waals surface area contributed by atoms with Crippen molar-refractivity contribution < 1.29 is 0 Å². The summed E-state index contributed by atoms with van der Waals surface area (Å²) in [5.41, 5.74) is 3.38. The van der Waals surface area contributed by atoms with E-state index in [1.54, 1.807) is 11.3 Å². The third kappa shape index (κ3) is 2.28. The summed E-state index contributed by atoms with van der Waals surface area (Å²) in [6.07, 6.45) is 2.52. The first kappa shape index (κ1) is 13.1. The number of aromatic nitrogens is 3. The van der Waals surface area contributed by atoms with Crippen molar-refractivity contribution in [2.75, 3.05) is 5.32 Å².